The minimum atomic E-state index is -0.691. The van der Waals surface area contributed by atoms with Crippen LogP contribution in [0.15, 0.2) is 41.6 Å². The van der Waals surface area contributed by atoms with E-state index in [-0.39, 0.29) is 30.9 Å². The van der Waals surface area contributed by atoms with E-state index in [1.807, 2.05) is 6.07 Å². The molecule has 1 heterocycles. The number of nitrogens with one attached hydrogen (secondary N) is 2. The maximum Gasteiger partial charge on any atom is 0.338 e. The Hall–Kier alpha value is -2.83. The number of hydrogen-bond acceptors (Lipinski definition) is 5. The van der Waals surface area contributed by atoms with Crippen LogP contribution in [0.25, 0.3) is 0 Å². The van der Waals surface area contributed by atoms with Gasteiger partial charge >= 0.3 is 18.0 Å². The largest absolute Gasteiger partial charge is 0.466 e. The van der Waals surface area contributed by atoms with E-state index in [4.69, 9.17) is 9.47 Å². The summed E-state index contributed by atoms with van der Waals surface area (Å²) in [6.45, 7) is 3.78. The van der Waals surface area contributed by atoms with Crippen molar-refractivity contribution in [2.24, 2.45) is 0 Å². The number of hydrogen-bond donors (Lipinski definition) is 2. The maximum absolute atomic E-state index is 12.4. The Morgan fingerprint density at radius 2 is 1.75 bits per heavy atom. The van der Waals surface area contributed by atoms with Gasteiger partial charge in [0.05, 0.1) is 31.2 Å². The van der Waals surface area contributed by atoms with Gasteiger partial charge in [0.15, 0.2) is 0 Å². The molecule has 0 fully saturated rings. The van der Waals surface area contributed by atoms with Crippen molar-refractivity contribution in [1.82, 2.24) is 10.6 Å². The summed E-state index contributed by atoms with van der Waals surface area (Å²) < 4.78 is 10.0. The van der Waals surface area contributed by atoms with Crippen LogP contribution in [0.1, 0.15) is 31.9 Å². The lowest BCUT2D eigenvalue weighted by molar-refractivity contribution is -0.142. The highest BCUT2D eigenvalue weighted by atomic mass is 16.5. The fourth-order valence-corrected chi connectivity index (χ4v) is 2.46. The smallest absolute Gasteiger partial charge is 0.338 e. The van der Waals surface area contributed by atoms with E-state index in [1.165, 1.54) is 0 Å². The third-order valence-electron chi connectivity index (χ3n) is 3.41. The normalized spacial score (nSPS) is 16.9. The van der Waals surface area contributed by atoms with Gasteiger partial charge in [-0.15, -0.1) is 0 Å². The number of amides is 2. The molecule has 1 aliphatic heterocycles. The molecule has 1 aromatic rings. The van der Waals surface area contributed by atoms with Crippen molar-refractivity contribution in [3.8, 4) is 0 Å². The van der Waals surface area contributed by atoms with Crippen molar-refractivity contribution in [3.05, 3.63) is 47.2 Å². The van der Waals surface area contributed by atoms with Crippen LogP contribution in [0, 0.1) is 0 Å². The number of rotatable bonds is 6. The fourth-order valence-electron chi connectivity index (χ4n) is 2.46. The fraction of sp³-hybridized carbons (Fsp3) is 0.353. The van der Waals surface area contributed by atoms with E-state index >= 15 is 0 Å². The predicted molar refractivity (Wildman–Crippen MR) is 85.8 cm³/mol. The molecule has 7 heteroatoms. The van der Waals surface area contributed by atoms with Crippen LogP contribution in [0.5, 0.6) is 0 Å². The monoisotopic (exact) mass is 332 g/mol. The summed E-state index contributed by atoms with van der Waals surface area (Å²) in [5.74, 6) is -1.11. The van der Waals surface area contributed by atoms with Crippen LogP contribution in [-0.2, 0) is 19.1 Å². The molecule has 1 unspecified atom stereocenters. The van der Waals surface area contributed by atoms with Crippen molar-refractivity contribution in [1.29, 1.82) is 0 Å². The Morgan fingerprint density at radius 3 is 2.38 bits per heavy atom. The van der Waals surface area contributed by atoms with Gasteiger partial charge in [0, 0.05) is 5.70 Å². The minimum absolute atomic E-state index is 0.185. The Labute approximate surface area is 140 Å². The van der Waals surface area contributed by atoms with E-state index in [9.17, 15) is 14.4 Å². The van der Waals surface area contributed by atoms with Gasteiger partial charge in [-0.3, -0.25) is 4.79 Å². The molecule has 1 atom stereocenters. The molecule has 7 nitrogen and oxygen atoms in total. The third kappa shape index (κ3) is 4.13. The van der Waals surface area contributed by atoms with Gasteiger partial charge in [0.1, 0.15) is 0 Å². The minimum Gasteiger partial charge on any atom is -0.466 e. The van der Waals surface area contributed by atoms with Crippen LogP contribution in [0.2, 0.25) is 0 Å². The van der Waals surface area contributed by atoms with E-state index in [0.29, 0.717) is 0 Å². The molecular weight excluding hydrogens is 312 g/mol. The summed E-state index contributed by atoms with van der Waals surface area (Å²) >= 11 is 0. The Kier molecular flexibility index (Phi) is 5.95. The molecule has 2 amide bonds. The summed E-state index contributed by atoms with van der Waals surface area (Å²) in [5, 5.41) is 5.22. The van der Waals surface area contributed by atoms with E-state index in [0.717, 1.165) is 5.56 Å². The molecule has 2 rings (SSSR count). The van der Waals surface area contributed by atoms with Gasteiger partial charge in [-0.25, -0.2) is 9.59 Å². The van der Waals surface area contributed by atoms with Crippen LogP contribution in [0.3, 0.4) is 0 Å². The van der Waals surface area contributed by atoms with Gasteiger partial charge < -0.3 is 20.1 Å². The molecule has 0 spiro atoms. The highest BCUT2D eigenvalue weighted by Crippen LogP contribution is 2.28. The van der Waals surface area contributed by atoms with Crippen molar-refractivity contribution in [2.75, 3.05) is 13.2 Å². The van der Waals surface area contributed by atoms with Gasteiger partial charge in [-0.05, 0) is 19.4 Å². The third-order valence-corrected chi connectivity index (χ3v) is 3.41. The number of benzene rings is 1. The summed E-state index contributed by atoms with van der Waals surface area (Å²) in [6, 6.07) is 7.84. The lowest BCUT2D eigenvalue weighted by Crippen LogP contribution is -2.46. The zero-order valence-electron chi connectivity index (χ0n) is 13.6. The highest BCUT2D eigenvalue weighted by molar-refractivity contribution is 5.96. The Bertz CT molecular complexity index is 654. The molecule has 0 bridgehead atoms. The zero-order valence-corrected chi connectivity index (χ0v) is 13.6. The molecule has 1 aromatic carbocycles. The van der Waals surface area contributed by atoms with E-state index in [1.54, 1.807) is 38.1 Å². The predicted octanol–water partition coefficient (Wildman–Crippen LogP) is 1.81. The second-order valence-corrected chi connectivity index (χ2v) is 5.04. The zero-order chi connectivity index (χ0) is 17.5. The standard InChI is InChI=1S/C17H20N2O5/c1-3-23-13(20)10-12-14(16(21)24-4-2)15(19-17(22)18-12)11-8-6-5-7-9-11/h5-9,15H,3-4,10H2,1-2H3,(H2,18,19,22). The van der Waals surface area contributed by atoms with E-state index in [2.05, 4.69) is 10.6 Å². The number of carbonyl (C=O) groups is 3. The van der Waals surface area contributed by atoms with Gasteiger partial charge in [-0.1, -0.05) is 30.3 Å². The quantitative estimate of drug-likeness (QED) is 0.775. The molecule has 0 aliphatic carbocycles. The van der Waals surface area contributed by atoms with Gasteiger partial charge in [-0.2, -0.15) is 0 Å². The SMILES string of the molecule is CCOC(=O)CC1=C(C(=O)OCC)C(c2ccccc2)NC(=O)N1. The molecule has 0 radical (unpaired) electrons. The number of urea groups is 1. The molecule has 2 N–H and O–H groups in total. The second-order valence-electron chi connectivity index (χ2n) is 5.04. The summed E-state index contributed by atoms with van der Waals surface area (Å²) in [4.78, 5) is 36.2. The Morgan fingerprint density at radius 1 is 1.08 bits per heavy atom. The summed E-state index contributed by atoms with van der Waals surface area (Å²) in [5.41, 5.74) is 1.12. The van der Waals surface area contributed by atoms with Crippen LogP contribution in [-0.4, -0.2) is 31.2 Å². The number of esters is 2. The van der Waals surface area contributed by atoms with Crippen molar-refractivity contribution in [3.63, 3.8) is 0 Å². The molecule has 0 saturated heterocycles. The topological polar surface area (TPSA) is 93.7 Å². The van der Waals surface area contributed by atoms with Crippen molar-refractivity contribution < 1.29 is 23.9 Å². The number of carbonyl (C=O) groups excluding carboxylic acids is 3. The molecule has 128 valence electrons. The summed E-state index contributed by atoms with van der Waals surface area (Å²) in [7, 11) is 0. The first-order valence-corrected chi connectivity index (χ1v) is 7.75. The van der Waals surface area contributed by atoms with Gasteiger partial charge in [0.25, 0.3) is 0 Å². The highest BCUT2D eigenvalue weighted by Gasteiger charge is 2.34. The van der Waals surface area contributed by atoms with E-state index < -0.39 is 24.0 Å². The summed E-state index contributed by atoms with van der Waals surface area (Å²) in [6.07, 6.45) is -0.210. The first kappa shape index (κ1) is 17.5. The molecule has 1 aliphatic rings. The molecule has 0 aromatic heterocycles. The second kappa shape index (κ2) is 8.14. The average Bonchev–Trinajstić information content (AvgIpc) is 2.55. The van der Waals surface area contributed by atoms with Crippen molar-refractivity contribution >= 4 is 18.0 Å². The lowest BCUT2D eigenvalue weighted by atomic mass is 9.94. The molecular formula is C17H20N2O5. The lowest BCUT2D eigenvalue weighted by Gasteiger charge is -2.29. The first-order chi connectivity index (χ1) is 11.6. The van der Waals surface area contributed by atoms with Crippen molar-refractivity contribution in [2.45, 2.75) is 26.3 Å². The van der Waals surface area contributed by atoms with Crippen LogP contribution >= 0.6 is 0 Å². The molecule has 24 heavy (non-hydrogen) atoms. The van der Waals surface area contributed by atoms with Gasteiger partial charge in [0.2, 0.25) is 0 Å². The molecule has 0 saturated carbocycles. The van der Waals surface area contributed by atoms with Crippen LogP contribution in [0.4, 0.5) is 4.79 Å². The average molecular weight is 332 g/mol. The Balaban J connectivity index is 2.45. The maximum atomic E-state index is 12.4. The van der Waals surface area contributed by atoms with Crippen LogP contribution < -0.4 is 10.6 Å². The number of ether oxygens (including phenoxy) is 2. The first-order valence-electron chi connectivity index (χ1n) is 7.75.